The van der Waals surface area contributed by atoms with Crippen molar-refractivity contribution in [1.29, 1.82) is 0 Å². The van der Waals surface area contributed by atoms with E-state index in [0.717, 1.165) is 5.82 Å². The van der Waals surface area contributed by atoms with Gasteiger partial charge in [-0.2, -0.15) is 5.10 Å². The number of anilines is 2. The molecule has 2 aromatic rings. The Kier molecular flexibility index (Phi) is 4.96. The second-order valence-corrected chi connectivity index (χ2v) is 8.31. The van der Waals surface area contributed by atoms with E-state index in [1.807, 2.05) is 20.8 Å². The minimum absolute atomic E-state index is 0.247. The Morgan fingerprint density at radius 3 is 2.50 bits per heavy atom. The number of fused-ring (bicyclic) bond motifs is 1. The van der Waals surface area contributed by atoms with Gasteiger partial charge in [0.15, 0.2) is 0 Å². The van der Waals surface area contributed by atoms with Gasteiger partial charge in [0.25, 0.3) is 0 Å². The number of carbonyl (C=O) groups excluding carboxylic acids is 3. The zero-order valence-corrected chi connectivity index (χ0v) is 17.3. The molecule has 1 N–H and O–H groups in total. The van der Waals surface area contributed by atoms with Gasteiger partial charge in [0.05, 0.1) is 24.3 Å². The summed E-state index contributed by atoms with van der Waals surface area (Å²) in [7, 11) is 0. The third-order valence-electron chi connectivity index (χ3n) is 4.97. The predicted octanol–water partition coefficient (Wildman–Crippen LogP) is 1.23. The van der Waals surface area contributed by atoms with E-state index in [4.69, 9.17) is 4.74 Å². The predicted molar refractivity (Wildman–Crippen MR) is 109 cm³/mol. The van der Waals surface area contributed by atoms with Crippen molar-refractivity contribution in [3.63, 3.8) is 0 Å². The molecule has 0 saturated carbocycles. The second kappa shape index (κ2) is 7.47. The summed E-state index contributed by atoms with van der Waals surface area (Å²) in [5, 5.41) is 6.66. The number of nitrogens with one attached hydrogen (secondary N) is 1. The maximum absolute atomic E-state index is 12.2. The van der Waals surface area contributed by atoms with Crippen LogP contribution in [-0.4, -0.2) is 75.9 Å². The first-order chi connectivity index (χ1) is 14.2. The van der Waals surface area contributed by atoms with Gasteiger partial charge < -0.3 is 14.5 Å². The van der Waals surface area contributed by atoms with Crippen LogP contribution in [0.1, 0.15) is 27.2 Å². The molecular weight excluding hydrogens is 390 g/mol. The summed E-state index contributed by atoms with van der Waals surface area (Å²) in [5.41, 5.74) is 0.765. The summed E-state index contributed by atoms with van der Waals surface area (Å²) in [4.78, 5) is 45.5. The summed E-state index contributed by atoms with van der Waals surface area (Å²) in [6, 6.07) is -0.455. The van der Waals surface area contributed by atoms with E-state index in [2.05, 4.69) is 20.3 Å². The molecule has 2 saturated heterocycles. The Morgan fingerprint density at radius 1 is 1.10 bits per heavy atom. The number of urea groups is 1. The minimum Gasteiger partial charge on any atom is -0.444 e. The molecule has 2 fully saturated rings. The lowest BCUT2D eigenvalue weighted by Crippen LogP contribution is -2.50. The molecule has 0 bridgehead atoms. The standard InChI is InChI=1S/C19H25N7O4/c1-19(2,3)30-18(29)24-8-6-23(7-9-24)15-12-26-14(10-20-15)13(11-21-26)25-5-4-16(27)22-17(25)28/h10-12H,4-9H2,1-3H3,(H,22,27,28). The van der Waals surface area contributed by atoms with Crippen LogP contribution in [0, 0.1) is 0 Å². The highest BCUT2D eigenvalue weighted by atomic mass is 16.6. The van der Waals surface area contributed by atoms with Gasteiger partial charge in [-0.3, -0.25) is 15.0 Å². The van der Waals surface area contributed by atoms with E-state index in [-0.39, 0.29) is 18.4 Å². The molecule has 0 unspecified atom stereocenters. The van der Waals surface area contributed by atoms with Crippen molar-refractivity contribution in [3.05, 3.63) is 18.6 Å². The van der Waals surface area contributed by atoms with Crippen molar-refractivity contribution < 1.29 is 19.1 Å². The summed E-state index contributed by atoms with van der Waals surface area (Å²) >= 11 is 0. The number of ether oxygens (including phenoxy) is 1. The third-order valence-corrected chi connectivity index (χ3v) is 4.97. The summed E-state index contributed by atoms with van der Waals surface area (Å²) in [5.74, 6) is 0.456. The third kappa shape index (κ3) is 4.00. The smallest absolute Gasteiger partial charge is 0.410 e. The second-order valence-electron chi connectivity index (χ2n) is 8.31. The molecule has 11 heteroatoms. The lowest BCUT2D eigenvalue weighted by molar-refractivity contribution is -0.120. The van der Waals surface area contributed by atoms with Gasteiger partial charge in [-0.05, 0) is 20.8 Å². The zero-order chi connectivity index (χ0) is 21.5. The van der Waals surface area contributed by atoms with Crippen LogP contribution >= 0.6 is 0 Å². The Balaban J connectivity index is 1.45. The van der Waals surface area contributed by atoms with Crippen LogP contribution < -0.4 is 15.1 Å². The molecular formula is C19H25N7O4. The van der Waals surface area contributed by atoms with Crippen molar-refractivity contribution >= 4 is 35.1 Å². The molecule has 160 valence electrons. The van der Waals surface area contributed by atoms with Gasteiger partial charge in [-0.15, -0.1) is 0 Å². The molecule has 0 atom stereocenters. The van der Waals surface area contributed by atoms with Gasteiger partial charge in [0, 0.05) is 39.1 Å². The quantitative estimate of drug-likeness (QED) is 0.785. The highest BCUT2D eigenvalue weighted by molar-refractivity contribution is 6.07. The molecule has 4 heterocycles. The van der Waals surface area contributed by atoms with Gasteiger partial charge in [-0.1, -0.05) is 0 Å². The maximum Gasteiger partial charge on any atom is 0.410 e. The lowest BCUT2D eigenvalue weighted by atomic mass is 10.2. The average molecular weight is 415 g/mol. The van der Waals surface area contributed by atoms with Crippen LogP contribution in [0.3, 0.4) is 0 Å². The highest BCUT2D eigenvalue weighted by Crippen LogP contribution is 2.25. The number of aromatic nitrogens is 3. The fourth-order valence-electron chi connectivity index (χ4n) is 3.47. The Bertz CT molecular complexity index is 988. The summed E-state index contributed by atoms with van der Waals surface area (Å²) in [6.07, 6.45) is 5.00. The molecule has 0 aliphatic carbocycles. The Morgan fingerprint density at radius 2 is 1.83 bits per heavy atom. The van der Waals surface area contributed by atoms with Crippen LogP contribution in [0.5, 0.6) is 0 Å². The number of piperazine rings is 1. The summed E-state index contributed by atoms with van der Waals surface area (Å²) < 4.78 is 7.10. The molecule has 4 rings (SSSR count). The van der Waals surface area contributed by atoms with Crippen molar-refractivity contribution in [2.75, 3.05) is 42.5 Å². The first-order valence-electron chi connectivity index (χ1n) is 9.89. The number of carbonyl (C=O) groups is 3. The molecule has 11 nitrogen and oxygen atoms in total. The normalized spacial score (nSPS) is 18.0. The van der Waals surface area contributed by atoms with Crippen LogP contribution in [0.15, 0.2) is 18.6 Å². The fourth-order valence-corrected chi connectivity index (χ4v) is 3.47. The number of hydrogen-bond acceptors (Lipinski definition) is 7. The number of hydrogen-bond donors (Lipinski definition) is 1. The number of nitrogens with zero attached hydrogens (tertiary/aromatic N) is 6. The van der Waals surface area contributed by atoms with Crippen LogP contribution in [0.2, 0.25) is 0 Å². The molecule has 2 aliphatic heterocycles. The molecule has 0 spiro atoms. The van der Waals surface area contributed by atoms with Crippen LogP contribution in [0.25, 0.3) is 5.52 Å². The van der Waals surface area contributed by atoms with Crippen molar-refractivity contribution in [1.82, 2.24) is 24.8 Å². The molecule has 2 aromatic heterocycles. The van der Waals surface area contributed by atoms with Gasteiger partial charge in [-0.25, -0.2) is 19.1 Å². The van der Waals surface area contributed by atoms with Crippen molar-refractivity contribution in [2.24, 2.45) is 0 Å². The lowest BCUT2D eigenvalue weighted by Gasteiger charge is -2.36. The van der Waals surface area contributed by atoms with E-state index in [9.17, 15) is 14.4 Å². The number of rotatable bonds is 2. The first-order valence-corrected chi connectivity index (χ1v) is 9.89. The molecule has 2 aliphatic rings. The van der Waals surface area contributed by atoms with E-state index in [1.165, 1.54) is 4.90 Å². The zero-order valence-electron chi connectivity index (χ0n) is 17.3. The number of amides is 4. The van der Waals surface area contributed by atoms with Crippen LogP contribution in [-0.2, 0) is 9.53 Å². The fraction of sp³-hybridized carbons (Fsp3) is 0.526. The highest BCUT2D eigenvalue weighted by Gasteiger charge is 2.28. The number of imide groups is 1. The maximum atomic E-state index is 12.2. The molecule has 4 amide bonds. The Hall–Kier alpha value is -3.37. The molecule has 0 radical (unpaired) electrons. The van der Waals surface area contributed by atoms with Crippen molar-refractivity contribution in [2.45, 2.75) is 32.8 Å². The first kappa shape index (κ1) is 19.9. The SMILES string of the molecule is CC(C)(C)OC(=O)N1CCN(c2cn3ncc(N4CCC(=O)NC4=O)c3cn2)CC1. The molecule has 0 aromatic carbocycles. The van der Waals surface area contributed by atoms with E-state index in [1.54, 1.807) is 28.0 Å². The monoisotopic (exact) mass is 415 g/mol. The van der Waals surface area contributed by atoms with E-state index < -0.39 is 11.6 Å². The van der Waals surface area contributed by atoms with Gasteiger partial charge in [0.1, 0.15) is 16.9 Å². The average Bonchev–Trinajstić information content (AvgIpc) is 3.10. The minimum atomic E-state index is -0.517. The van der Waals surface area contributed by atoms with Crippen molar-refractivity contribution in [3.8, 4) is 0 Å². The Labute approximate surface area is 173 Å². The van der Waals surface area contributed by atoms with Crippen LogP contribution in [0.4, 0.5) is 21.1 Å². The van der Waals surface area contributed by atoms with E-state index >= 15 is 0 Å². The van der Waals surface area contributed by atoms with E-state index in [0.29, 0.717) is 43.9 Å². The van der Waals surface area contributed by atoms with Gasteiger partial charge >= 0.3 is 12.1 Å². The molecule has 30 heavy (non-hydrogen) atoms. The summed E-state index contributed by atoms with van der Waals surface area (Å²) in [6.45, 7) is 8.20. The largest absolute Gasteiger partial charge is 0.444 e. The topological polar surface area (TPSA) is 112 Å². The van der Waals surface area contributed by atoms with Gasteiger partial charge in [0.2, 0.25) is 5.91 Å².